The van der Waals surface area contributed by atoms with Crippen LogP contribution >= 0.6 is 11.6 Å². The van der Waals surface area contributed by atoms with E-state index in [4.69, 9.17) is 15.7 Å². The molecule has 8 nitrogen and oxygen atoms in total. The van der Waals surface area contributed by atoms with Crippen molar-refractivity contribution in [1.29, 1.82) is 0 Å². The first kappa shape index (κ1) is 18.5. The number of aryl methyl sites for hydroxylation is 1. The normalized spacial score (nSPS) is 16.5. The van der Waals surface area contributed by atoms with Gasteiger partial charge >= 0.3 is 0 Å². The van der Waals surface area contributed by atoms with Gasteiger partial charge in [0.2, 0.25) is 5.95 Å². The van der Waals surface area contributed by atoms with Crippen LogP contribution in [0.4, 0.5) is 10.1 Å². The van der Waals surface area contributed by atoms with Gasteiger partial charge in [-0.3, -0.25) is 14.5 Å². The van der Waals surface area contributed by atoms with Crippen molar-refractivity contribution in [3.05, 3.63) is 62.5 Å². The van der Waals surface area contributed by atoms with Crippen LogP contribution < -0.4 is 15.8 Å². The Hall–Kier alpha value is -3.04. The molecule has 0 radical (unpaired) electrons. The van der Waals surface area contributed by atoms with Gasteiger partial charge in [-0.05, 0) is 30.2 Å². The number of nitrogens with zero attached hydrogens (tertiary/aromatic N) is 4. The minimum Gasteiger partial charge on any atom is -0.365 e. The molecule has 10 heteroatoms. The third-order valence-corrected chi connectivity index (χ3v) is 6.00. The Morgan fingerprint density at radius 1 is 1.25 bits per heavy atom. The average molecular weight is 462 g/mol. The highest BCUT2D eigenvalue weighted by Gasteiger charge is 2.22. The van der Waals surface area contributed by atoms with E-state index in [1.54, 1.807) is 5.32 Å². The largest absolute Gasteiger partial charge is 0.365 e. The smallest absolute Gasteiger partial charge is 0.270 e. The lowest BCUT2D eigenvalue weighted by atomic mass is 10.1. The van der Waals surface area contributed by atoms with Crippen molar-refractivity contribution in [3.63, 3.8) is 0 Å². The summed E-state index contributed by atoms with van der Waals surface area (Å²) in [5, 5.41) is 2.25. The number of aromatic nitrogens is 3. The molecule has 32 heavy (non-hydrogen) atoms. The number of benzene rings is 1. The highest BCUT2D eigenvalue weighted by molar-refractivity contribution is 6.35. The summed E-state index contributed by atoms with van der Waals surface area (Å²) in [6, 6.07) is 6.47. The summed E-state index contributed by atoms with van der Waals surface area (Å²) in [7, 11) is 0. The van der Waals surface area contributed by atoms with Crippen LogP contribution in [0, 0.1) is 5.95 Å². The quantitative estimate of drug-likeness (QED) is 0.566. The van der Waals surface area contributed by atoms with Gasteiger partial charge in [-0.2, -0.15) is 4.39 Å². The molecule has 0 saturated carbocycles. The first-order valence-corrected chi connectivity index (χ1v) is 10.6. The Kier molecular flexibility index (Phi) is 5.33. The number of hydrogen-bond donors (Lipinski definition) is 2. The van der Waals surface area contributed by atoms with Crippen molar-refractivity contribution >= 4 is 34.2 Å². The van der Waals surface area contributed by atoms with Crippen LogP contribution in [0.5, 0.6) is 0 Å². The van der Waals surface area contributed by atoms with Gasteiger partial charge < -0.3 is 15.2 Å². The van der Waals surface area contributed by atoms with Crippen LogP contribution in [0.25, 0.3) is 11.0 Å². The molecular weight excluding hydrogens is 435 g/mol. The van der Waals surface area contributed by atoms with Crippen molar-refractivity contribution in [2.75, 3.05) is 38.1 Å². The Morgan fingerprint density at radius 2 is 2.03 bits per heavy atom. The van der Waals surface area contributed by atoms with Crippen LogP contribution in [0.1, 0.15) is 32.8 Å². The summed E-state index contributed by atoms with van der Waals surface area (Å²) in [5.74, 6) is -1.80. The molecule has 1 aliphatic rings. The molecule has 4 rings (SSSR count). The minimum absolute atomic E-state index is 0.245. The molecule has 0 aliphatic carbocycles. The molecule has 0 atom stereocenters. The number of aromatic amines is 1. The van der Waals surface area contributed by atoms with Gasteiger partial charge in [-0.25, -0.2) is 9.97 Å². The first-order valence-electron chi connectivity index (χ1n) is 11.7. The monoisotopic (exact) mass is 461 g/mol. The van der Waals surface area contributed by atoms with Gasteiger partial charge in [0.05, 0.1) is 21.7 Å². The molecule has 3 heterocycles. The van der Waals surface area contributed by atoms with Gasteiger partial charge in [0.1, 0.15) is 11.4 Å². The van der Waals surface area contributed by atoms with Gasteiger partial charge in [0.25, 0.3) is 11.5 Å². The lowest BCUT2D eigenvalue weighted by Gasteiger charge is -2.36. The van der Waals surface area contributed by atoms with Crippen LogP contribution in [0.15, 0.2) is 29.1 Å². The number of anilines is 1. The number of rotatable bonds is 5. The van der Waals surface area contributed by atoms with Crippen LogP contribution in [-0.4, -0.2) is 58.9 Å². The zero-order chi connectivity index (χ0) is 25.3. The van der Waals surface area contributed by atoms with Gasteiger partial charge in [-0.1, -0.05) is 24.6 Å². The molecule has 3 aromatic rings. The highest BCUT2D eigenvalue weighted by atomic mass is 35.5. The molecule has 1 aliphatic heterocycles. The fourth-order valence-corrected chi connectivity index (χ4v) is 4.07. The zero-order valence-electron chi connectivity index (χ0n) is 20.4. The van der Waals surface area contributed by atoms with E-state index in [2.05, 4.69) is 19.9 Å². The second kappa shape index (κ2) is 9.22. The average Bonchev–Trinajstić information content (AvgIpc) is 2.80. The van der Waals surface area contributed by atoms with E-state index in [1.165, 1.54) is 12.1 Å². The molecule has 0 bridgehead atoms. The summed E-state index contributed by atoms with van der Waals surface area (Å²) in [5.41, 5.74) is 2.17. The highest BCUT2D eigenvalue weighted by Crippen LogP contribution is 2.26. The van der Waals surface area contributed by atoms with E-state index in [-0.39, 0.29) is 16.9 Å². The predicted molar refractivity (Wildman–Crippen MR) is 122 cm³/mol. The predicted octanol–water partition coefficient (Wildman–Crippen LogP) is 2.35. The number of piperazine rings is 1. The van der Waals surface area contributed by atoms with Crippen molar-refractivity contribution in [1.82, 2.24) is 25.2 Å². The Bertz CT molecular complexity index is 1330. The molecule has 0 unspecified atom stereocenters. The Morgan fingerprint density at radius 3 is 2.72 bits per heavy atom. The second-order valence-electron chi connectivity index (χ2n) is 7.52. The molecule has 1 saturated heterocycles. The van der Waals surface area contributed by atoms with E-state index in [9.17, 15) is 14.0 Å². The number of carbonyl (C=O) groups is 1. The first-order chi connectivity index (χ1) is 16.6. The van der Waals surface area contributed by atoms with Gasteiger partial charge in [-0.15, -0.1) is 0 Å². The number of fused-ring (bicyclic) bond motifs is 1. The lowest BCUT2D eigenvalue weighted by molar-refractivity contribution is 0.0957. The SMILES string of the molecule is [2H]C([2H])([2H])NC(=O)c1ccc(N2CCN(Cc3ccc4nc(CC)c(=O)[nH]c4c3Cl)CC2)c(F)n1. The number of carbonyl (C=O) groups excluding carboxylic acids is 1. The topological polar surface area (TPSA) is 94.2 Å². The standard InChI is InChI=1S/C22H24ClFN6O2/c1-3-14-22(32)28-19-15(26-14)5-4-13(18(19)23)12-29-8-10-30(11-9-29)17-7-6-16(21(31)25-2)27-20(17)24/h4-7H,3,8-12H2,1-2H3,(H,25,31)(H,28,32)/i2D3. The maximum atomic E-state index is 14.6. The molecular formula is C22H24ClFN6O2. The number of pyridine rings is 1. The molecule has 2 aromatic heterocycles. The van der Waals surface area contributed by atoms with Crippen molar-refractivity contribution in [2.24, 2.45) is 0 Å². The van der Waals surface area contributed by atoms with Gasteiger partial charge in [0, 0.05) is 43.8 Å². The van der Waals surface area contributed by atoms with Crippen LogP contribution in [0.3, 0.4) is 0 Å². The molecule has 1 aromatic carbocycles. The molecule has 1 fully saturated rings. The second-order valence-corrected chi connectivity index (χ2v) is 7.90. The van der Waals surface area contributed by atoms with E-state index in [0.717, 1.165) is 5.56 Å². The summed E-state index contributed by atoms with van der Waals surface area (Å²) < 4.78 is 35.9. The zero-order valence-corrected chi connectivity index (χ0v) is 18.2. The number of halogens is 2. The van der Waals surface area contributed by atoms with Crippen LogP contribution in [-0.2, 0) is 13.0 Å². The summed E-state index contributed by atoms with van der Waals surface area (Å²) in [6.07, 6.45) is 0.531. The van der Waals surface area contributed by atoms with E-state index >= 15 is 0 Å². The number of nitrogens with one attached hydrogen (secondary N) is 2. The third kappa shape index (κ3) is 4.31. The minimum atomic E-state index is -2.68. The van der Waals surface area contributed by atoms with Crippen molar-refractivity contribution < 1.29 is 13.3 Å². The van der Waals surface area contributed by atoms with E-state index < -0.39 is 18.8 Å². The number of H-pyrrole nitrogens is 1. The maximum Gasteiger partial charge on any atom is 0.270 e. The lowest BCUT2D eigenvalue weighted by Crippen LogP contribution is -2.46. The molecule has 2 N–H and O–H groups in total. The van der Waals surface area contributed by atoms with Crippen molar-refractivity contribution in [3.8, 4) is 0 Å². The maximum absolute atomic E-state index is 14.6. The van der Waals surface area contributed by atoms with Crippen LogP contribution in [0.2, 0.25) is 5.02 Å². The number of amides is 1. The van der Waals surface area contributed by atoms with Gasteiger partial charge in [0.15, 0.2) is 0 Å². The summed E-state index contributed by atoms with van der Waals surface area (Å²) in [4.78, 5) is 38.9. The Balaban J connectivity index is 1.42. The van der Waals surface area contributed by atoms with Crippen molar-refractivity contribution in [2.45, 2.75) is 19.9 Å². The fraction of sp³-hybridized carbons (Fsp3) is 0.364. The van der Waals surface area contributed by atoms with E-state index in [0.29, 0.717) is 60.9 Å². The third-order valence-electron chi connectivity index (χ3n) is 5.57. The van der Waals surface area contributed by atoms with E-state index in [1.807, 2.05) is 24.0 Å². The molecule has 0 spiro atoms. The Labute approximate surface area is 193 Å². The summed E-state index contributed by atoms with van der Waals surface area (Å²) >= 11 is 6.58. The fourth-order valence-electron chi connectivity index (χ4n) is 3.81. The summed E-state index contributed by atoms with van der Waals surface area (Å²) in [6.45, 7) is 2.02. The molecule has 1 amide bonds. The number of hydrogen-bond acceptors (Lipinski definition) is 6. The molecule has 168 valence electrons.